The van der Waals surface area contributed by atoms with Crippen LogP contribution in [0.3, 0.4) is 0 Å². The Labute approximate surface area is 95.8 Å². The second-order valence-electron chi connectivity index (χ2n) is 3.74. The third kappa shape index (κ3) is 4.02. The van der Waals surface area contributed by atoms with Crippen LogP contribution in [0.4, 0.5) is 0 Å². The minimum absolute atomic E-state index is 0.0320. The number of carbonyl (C=O) groups excluding carboxylic acids is 1. The summed E-state index contributed by atoms with van der Waals surface area (Å²) < 4.78 is 6.70. The van der Waals surface area contributed by atoms with Crippen molar-refractivity contribution in [3.8, 4) is 0 Å². The SMILES string of the molecule is COCCNC(=O)CCn1nc(C)cc1C. The van der Waals surface area contributed by atoms with Gasteiger partial charge in [0.25, 0.3) is 0 Å². The third-order valence-electron chi connectivity index (χ3n) is 2.28. The highest BCUT2D eigenvalue weighted by Gasteiger charge is 2.04. The predicted octanol–water partition coefficient (Wildman–Crippen LogP) is 0.653. The lowest BCUT2D eigenvalue weighted by Gasteiger charge is -2.05. The molecule has 0 aromatic carbocycles. The van der Waals surface area contributed by atoms with Crippen LogP contribution in [0.25, 0.3) is 0 Å². The Bertz CT molecular complexity index is 347. The molecule has 0 atom stereocenters. The second-order valence-corrected chi connectivity index (χ2v) is 3.74. The molecule has 0 spiro atoms. The van der Waals surface area contributed by atoms with Crippen LogP contribution in [0.1, 0.15) is 17.8 Å². The molecule has 90 valence electrons. The van der Waals surface area contributed by atoms with Gasteiger partial charge in [-0.05, 0) is 19.9 Å². The number of ether oxygens (including phenoxy) is 1. The fourth-order valence-corrected chi connectivity index (χ4v) is 1.49. The van der Waals surface area contributed by atoms with Crippen molar-refractivity contribution in [2.24, 2.45) is 0 Å². The molecular formula is C11H19N3O2. The molecule has 0 saturated heterocycles. The average Bonchev–Trinajstić information content (AvgIpc) is 2.55. The fourth-order valence-electron chi connectivity index (χ4n) is 1.49. The molecule has 0 radical (unpaired) electrons. The highest BCUT2D eigenvalue weighted by Crippen LogP contribution is 2.02. The lowest BCUT2D eigenvalue weighted by atomic mass is 10.3. The van der Waals surface area contributed by atoms with E-state index in [-0.39, 0.29) is 5.91 Å². The summed E-state index contributed by atoms with van der Waals surface area (Å²) in [6, 6.07) is 2.00. The Balaban J connectivity index is 2.29. The molecule has 0 aliphatic rings. The molecule has 5 nitrogen and oxygen atoms in total. The Hall–Kier alpha value is -1.36. The minimum Gasteiger partial charge on any atom is -0.383 e. The van der Waals surface area contributed by atoms with Crippen LogP contribution >= 0.6 is 0 Å². The van der Waals surface area contributed by atoms with Gasteiger partial charge in [0.1, 0.15) is 0 Å². The Morgan fingerprint density at radius 1 is 1.56 bits per heavy atom. The summed E-state index contributed by atoms with van der Waals surface area (Å²) >= 11 is 0. The van der Waals surface area contributed by atoms with Crippen LogP contribution in [0, 0.1) is 13.8 Å². The first kappa shape index (κ1) is 12.7. The number of aromatic nitrogens is 2. The van der Waals surface area contributed by atoms with E-state index in [1.807, 2.05) is 24.6 Å². The van der Waals surface area contributed by atoms with Gasteiger partial charge < -0.3 is 10.1 Å². The van der Waals surface area contributed by atoms with Gasteiger partial charge >= 0.3 is 0 Å². The molecule has 0 unspecified atom stereocenters. The molecule has 1 aromatic heterocycles. The summed E-state index contributed by atoms with van der Waals surface area (Å²) in [6.07, 6.45) is 0.450. The lowest BCUT2D eigenvalue weighted by Crippen LogP contribution is -2.27. The molecule has 0 saturated carbocycles. The minimum atomic E-state index is 0.0320. The molecule has 5 heteroatoms. The first-order valence-electron chi connectivity index (χ1n) is 5.40. The third-order valence-corrected chi connectivity index (χ3v) is 2.28. The molecule has 1 aromatic rings. The number of aryl methyl sites for hydroxylation is 3. The van der Waals surface area contributed by atoms with Gasteiger partial charge in [0.2, 0.25) is 5.91 Å². The van der Waals surface area contributed by atoms with E-state index in [9.17, 15) is 4.79 Å². The van der Waals surface area contributed by atoms with Gasteiger partial charge in [0, 0.05) is 32.3 Å². The van der Waals surface area contributed by atoms with Crippen molar-refractivity contribution in [1.29, 1.82) is 0 Å². The topological polar surface area (TPSA) is 56.1 Å². The normalized spacial score (nSPS) is 10.4. The smallest absolute Gasteiger partial charge is 0.221 e. The van der Waals surface area contributed by atoms with Crippen LogP contribution in [0.15, 0.2) is 6.07 Å². The molecule has 0 aliphatic heterocycles. The zero-order valence-corrected chi connectivity index (χ0v) is 10.1. The fraction of sp³-hybridized carbons (Fsp3) is 0.636. The van der Waals surface area contributed by atoms with Crippen molar-refractivity contribution in [3.63, 3.8) is 0 Å². The van der Waals surface area contributed by atoms with Crippen molar-refractivity contribution < 1.29 is 9.53 Å². The summed E-state index contributed by atoms with van der Waals surface area (Å²) in [4.78, 5) is 11.4. The average molecular weight is 225 g/mol. The van der Waals surface area contributed by atoms with Crippen LogP contribution in [-0.2, 0) is 16.1 Å². The van der Waals surface area contributed by atoms with Gasteiger partial charge in [0.15, 0.2) is 0 Å². The van der Waals surface area contributed by atoms with Gasteiger partial charge in [-0.3, -0.25) is 9.48 Å². The number of amides is 1. The summed E-state index contributed by atoms with van der Waals surface area (Å²) in [5.74, 6) is 0.0320. The van der Waals surface area contributed by atoms with Crippen LogP contribution in [0.2, 0.25) is 0 Å². The molecule has 1 heterocycles. The molecule has 0 fully saturated rings. The number of nitrogens with one attached hydrogen (secondary N) is 1. The molecule has 1 N–H and O–H groups in total. The number of methoxy groups -OCH3 is 1. The van der Waals surface area contributed by atoms with Gasteiger partial charge in [-0.2, -0.15) is 5.10 Å². The van der Waals surface area contributed by atoms with E-state index in [1.165, 1.54) is 0 Å². The Morgan fingerprint density at radius 3 is 2.88 bits per heavy atom. The van der Waals surface area contributed by atoms with Crippen molar-refractivity contribution in [3.05, 3.63) is 17.5 Å². The van der Waals surface area contributed by atoms with E-state index in [0.29, 0.717) is 26.1 Å². The summed E-state index contributed by atoms with van der Waals surface area (Å²) in [7, 11) is 1.61. The Kier molecular flexibility index (Phi) is 4.98. The number of nitrogens with zero attached hydrogens (tertiary/aromatic N) is 2. The monoisotopic (exact) mass is 225 g/mol. The highest BCUT2D eigenvalue weighted by molar-refractivity contribution is 5.75. The Morgan fingerprint density at radius 2 is 2.31 bits per heavy atom. The zero-order chi connectivity index (χ0) is 12.0. The van der Waals surface area contributed by atoms with E-state index in [4.69, 9.17) is 4.74 Å². The molecule has 0 aliphatic carbocycles. The van der Waals surface area contributed by atoms with E-state index in [0.717, 1.165) is 11.4 Å². The largest absolute Gasteiger partial charge is 0.383 e. The van der Waals surface area contributed by atoms with Gasteiger partial charge in [-0.25, -0.2) is 0 Å². The summed E-state index contributed by atoms with van der Waals surface area (Å²) in [5, 5.41) is 7.07. The van der Waals surface area contributed by atoms with Crippen molar-refractivity contribution >= 4 is 5.91 Å². The molecular weight excluding hydrogens is 206 g/mol. The molecule has 16 heavy (non-hydrogen) atoms. The van der Waals surface area contributed by atoms with Gasteiger partial charge in [0.05, 0.1) is 12.3 Å². The maximum Gasteiger partial charge on any atom is 0.221 e. The molecule has 1 amide bonds. The van der Waals surface area contributed by atoms with Crippen molar-refractivity contribution in [2.45, 2.75) is 26.8 Å². The quantitative estimate of drug-likeness (QED) is 0.723. The number of hydrogen-bond acceptors (Lipinski definition) is 3. The number of rotatable bonds is 6. The second kappa shape index (κ2) is 6.27. The standard InChI is InChI=1S/C11H19N3O2/c1-9-8-10(2)14(13-9)6-4-11(15)12-5-7-16-3/h8H,4-7H2,1-3H3,(H,12,15). The lowest BCUT2D eigenvalue weighted by molar-refractivity contribution is -0.121. The first-order valence-corrected chi connectivity index (χ1v) is 5.40. The van der Waals surface area contributed by atoms with E-state index < -0.39 is 0 Å². The van der Waals surface area contributed by atoms with Crippen LogP contribution < -0.4 is 5.32 Å². The van der Waals surface area contributed by atoms with E-state index >= 15 is 0 Å². The highest BCUT2D eigenvalue weighted by atomic mass is 16.5. The van der Waals surface area contributed by atoms with Crippen molar-refractivity contribution in [2.75, 3.05) is 20.3 Å². The van der Waals surface area contributed by atoms with Crippen molar-refractivity contribution in [1.82, 2.24) is 15.1 Å². The summed E-state index contributed by atoms with van der Waals surface area (Å²) in [6.45, 7) is 5.67. The summed E-state index contributed by atoms with van der Waals surface area (Å²) in [5.41, 5.74) is 2.07. The maximum absolute atomic E-state index is 11.4. The molecule has 1 rings (SSSR count). The number of carbonyl (C=O) groups is 1. The first-order chi connectivity index (χ1) is 7.63. The van der Waals surface area contributed by atoms with Gasteiger partial charge in [-0.1, -0.05) is 0 Å². The maximum atomic E-state index is 11.4. The van der Waals surface area contributed by atoms with Crippen LogP contribution in [-0.4, -0.2) is 35.9 Å². The predicted molar refractivity (Wildman–Crippen MR) is 61.2 cm³/mol. The molecule has 0 bridgehead atoms. The number of hydrogen-bond donors (Lipinski definition) is 1. The van der Waals surface area contributed by atoms with Crippen LogP contribution in [0.5, 0.6) is 0 Å². The van der Waals surface area contributed by atoms with E-state index in [2.05, 4.69) is 10.4 Å². The van der Waals surface area contributed by atoms with E-state index in [1.54, 1.807) is 7.11 Å². The van der Waals surface area contributed by atoms with Gasteiger partial charge in [-0.15, -0.1) is 0 Å². The zero-order valence-electron chi connectivity index (χ0n) is 10.1.